The molecule has 1 aliphatic heterocycles. The summed E-state index contributed by atoms with van der Waals surface area (Å²) >= 11 is 6.89. The normalized spacial score (nSPS) is 30.9. The molecule has 3 aliphatic rings. The smallest absolute Gasteiger partial charge is 0.150 e. The van der Waals surface area contributed by atoms with Gasteiger partial charge in [-0.25, -0.2) is 0 Å². The van der Waals surface area contributed by atoms with Gasteiger partial charge in [0.05, 0.1) is 0 Å². The van der Waals surface area contributed by atoms with Crippen molar-refractivity contribution in [3.05, 3.63) is 65.7 Å². The summed E-state index contributed by atoms with van der Waals surface area (Å²) in [5, 5.41) is -0.494. The van der Waals surface area contributed by atoms with Gasteiger partial charge in [0, 0.05) is 12.0 Å². The molecule has 0 N–H and O–H groups in total. The molecule has 116 valence electrons. The van der Waals surface area contributed by atoms with Gasteiger partial charge in [-0.3, -0.25) is 0 Å². The van der Waals surface area contributed by atoms with Gasteiger partial charge < -0.3 is 4.74 Å². The molecule has 2 aromatic rings. The quantitative estimate of drug-likeness (QED) is 0.528. The minimum absolute atomic E-state index is 0.0194. The minimum atomic E-state index is -0.494. The second kappa shape index (κ2) is 4.72. The predicted octanol–water partition coefficient (Wildman–Crippen LogP) is 5.62. The third-order valence-corrected chi connectivity index (χ3v) is 6.56. The highest BCUT2D eigenvalue weighted by Crippen LogP contribution is 2.60. The number of ether oxygens (including phenoxy) is 1. The number of alkyl halides is 1. The lowest BCUT2D eigenvalue weighted by Gasteiger charge is -2.32. The van der Waals surface area contributed by atoms with Crippen LogP contribution < -0.4 is 0 Å². The molecule has 2 heteroatoms. The molecule has 1 saturated heterocycles. The Morgan fingerprint density at radius 2 is 1.43 bits per heavy atom. The first kappa shape index (κ1) is 13.8. The molecule has 0 bridgehead atoms. The first-order valence-corrected chi connectivity index (χ1v) is 8.85. The molecular formula is C21H19ClO. The van der Waals surface area contributed by atoms with Crippen LogP contribution in [-0.2, 0) is 4.74 Å². The van der Waals surface area contributed by atoms with E-state index in [1.54, 1.807) is 0 Å². The van der Waals surface area contributed by atoms with Crippen molar-refractivity contribution >= 4 is 17.2 Å². The van der Waals surface area contributed by atoms with Crippen LogP contribution in [0.1, 0.15) is 36.8 Å². The van der Waals surface area contributed by atoms with Crippen LogP contribution in [0.2, 0.25) is 0 Å². The highest BCUT2D eigenvalue weighted by Gasteiger charge is 2.57. The van der Waals surface area contributed by atoms with E-state index in [1.165, 1.54) is 27.8 Å². The van der Waals surface area contributed by atoms with E-state index >= 15 is 0 Å². The van der Waals surface area contributed by atoms with Crippen LogP contribution in [0.15, 0.2) is 54.6 Å². The average molecular weight is 323 g/mol. The average Bonchev–Trinajstić information content (AvgIpc) is 3.16. The Hall–Kier alpha value is -1.57. The number of hydrogen-bond acceptors (Lipinski definition) is 1. The fraction of sp³-hybridized carbons (Fsp3) is 0.333. The van der Waals surface area contributed by atoms with Gasteiger partial charge in [0.2, 0.25) is 0 Å². The molecule has 1 heterocycles. The maximum atomic E-state index is 6.89. The fourth-order valence-electron chi connectivity index (χ4n) is 4.72. The van der Waals surface area contributed by atoms with Crippen LogP contribution in [0.25, 0.3) is 16.7 Å². The van der Waals surface area contributed by atoms with Crippen molar-refractivity contribution in [3.8, 4) is 11.1 Å². The fourth-order valence-corrected chi connectivity index (χ4v) is 5.18. The summed E-state index contributed by atoms with van der Waals surface area (Å²) in [5.41, 5.74) is 6.66. The van der Waals surface area contributed by atoms with Crippen LogP contribution in [0.3, 0.4) is 0 Å². The summed E-state index contributed by atoms with van der Waals surface area (Å²) in [5.74, 6) is 0. The summed E-state index contributed by atoms with van der Waals surface area (Å²) in [6.07, 6.45) is 6.72. The summed E-state index contributed by atoms with van der Waals surface area (Å²) in [4.78, 5) is 0. The van der Waals surface area contributed by atoms with E-state index in [9.17, 15) is 0 Å². The molecule has 2 aliphatic carbocycles. The van der Waals surface area contributed by atoms with Gasteiger partial charge in [0.1, 0.15) is 0 Å². The maximum absolute atomic E-state index is 6.89. The van der Waals surface area contributed by atoms with E-state index in [1.807, 2.05) is 0 Å². The molecule has 0 amide bonds. The summed E-state index contributed by atoms with van der Waals surface area (Å²) in [6.45, 7) is 0.774. The summed E-state index contributed by atoms with van der Waals surface area (Å²) < 4.78 is 5.97. The van der Waals surface area contributed by atoms with Crippen molar-refractivity contribution in [2.45, 2.75) is 30.7 Å². The second-order valence-electron chi connectivity index (χ2n) is 6.99. The van der Waals surface area contributed by atoms with E-state index in [4.69, 9.17) is 16.3 Å². The molecule has 2 atom stereocenters. The third kappa shape index (κ3) is 1.78. The molecule has 0 unspecified atom stereocenters. The molecule has 0 aromatic heterocycles. The van der Waals surface area contributed by atoms with E-state index in [0.29, 0.717) is 0 Å². The lowest BCUT2D eigenvalue weighted by molar-refractivity contribution is 0.0467. The largest absolute Gasteiger partial charge is 0.359 e. The van der Waals surface area contributed by atoms with Crippen molar-refractivity contribution in [2.24, 2.45) is 5.41 Å². The van der Waals surface area contributed by atoms with Gasteiger partial charge in [0.25, 0.3) is 0 Å². The molecular weight excluding hydrogens is 304 g/mol. The Bertz CT molecular complexity index is 763. The van der Waals surface area contributed by atoms with Crippen LogP contribution in [0.4, 0.5) is 0 Å². The van der Waals surface area contributed by atoms with Crippen LogP contribution in [0.5, 0.6) is 0 Å². The minimum Gasteiger partial charge on any atom is -0.359 e. The lowest BCUT2D eigenvalue weighted by atomic mass is 9.79. The lowest BCUT2D eigenvalue weighted by Crippen LogP contribution is -2.33. The topological polar surface area (TPSA) is 9.23 Å². The van der Waals surface area contributed by atoms with E-state index < -0.39 is 5.06 Å². The van der Waals surface area contributed by atoms with Crippen LogP contribution >= 0.6 is 11.6 Å². The zero-order chi connectivity index (χ0) is 15.5. The van der Waals surface area contributed by atoms with Gasteiger partial charge in [-0.05, 0) is 53.5 Å². The highest BCUT2D eigenvalue weighted by molar-refractivity contribution is 6.24. The molecule has 0 radical (unpaired) electrons. The summed E-state index contributed by atoms with van der Waals surface area (Å²) in [7, 11) is 0. The Morgan fingerprint density at radius 1 is 0.826 bits per heavy atom. The number of benzene rings is 2. The van der Waals surface area contributed by atoms with Crippen LogP contribution in [-0.4, -0.2) is 11.7 Å². The standard InChI is InChI=1S/C21H19ClO/c22-21-11-5-10-20(21,12-13-23-21)14-19-17-8-3-1-6-15(17)16-7-2-4-9-18(16)19/h1-4,6-9,14H,5,10-13H2/t20-,21-/m1/s1. The zero-order valence-corrected chi connectivity index (χ0v) is 13.8. The number of hydrogen-bond donors (Lipinski definition) is 0. The van der Waals surface area contributed by atoms with Crippen molar-refractivity contribution in [2.75, 3.05) is 6.61 Å². The second-order valence-corrected chi connectivity index (χ2v) is 7.60. The van der Waals surface area contributed by atoms with Crippen molar-refractivity contribution in [3.63, 3.8) is 0 Å². The number of fused-ring (bicyclic) bond motifs is 4. The molecule has 23 heavy (non-hydrogen) atoms. The maximum Gasteiger partial charge on any atom is 0.150 e. The first-order valence-electron chi connectivity index (χ1n) is 8.47. The van der Waals surface area contributed by atoms with Gasteiger partial charge >= 0.3 is 0 Å². The third-order valence-electron chi connectivity index (χ3n) is 5.89. The summed E-state index contributed by atoms with van der Waals surface area (Å²) in [6, 6.07) is 17.4. The molecule has 1 saturated carbocycles. The van der Waals surface area contributed by atoms with Gasteiger partial charge in [0.15, 0.2) is 5.06 Å². The van der Waals surface area contributed by atoms with E-state index in [-0.39, 0.29) is 5.41 Å². The Kier molecular flexibility index (Phi) is 2.84. The molecule has 2 aromatic carbocycles. The monoisotopic (exact) mass is 322 g/mol. The first-order chi connectivity index (χ1) is 11.2. The molecule has 5 rings (SSSR count). The van der Waals surface area contributed by atoms with Crippen molar-refractivity contribution < 1.29 is 4.74 Å². The van der Waals surface area contributed by atoms with Gasteiger partial charge in [-0.2, -0.15) is 0 Å². The SMILES string of the molecule is Cl[C@@]12CCC[C@]1(C=C1c3ccccc3-c3ccccc31)CCO2. The zero-order valence-electron chi connectivity index (χ0n) is 13.0. The Balaban J connectivity index is 1.75. The van der Waals surface area contributed by atoms with E-state index in [0.717, 1.165) is 32.3 Å². The Morgan fingerprint density at radius 3 is 2.09 bits per heavy atom. The molecule has 2 fully saturated rings. The molecule has 0 spiro atoms. The van der Waals surface area contributed by atoms with Crippen molar-refractivity contribution in [1.82, 2.24) is 0 Å². The van der Waals surface area contributed by atoms with Crippen molar-refractivity contribution in [1.29, 1.82) is 0 Å². The Labute approximate surface area is 141 Å². The van der Waals surface area contributed by atoms with Gasteiger partial charge in [-0.1, -0.05) is 66.2 Å². The predicted molar refractivity (Wildman–Crippen MR) is 94.4 cm³/mol. The van der Waals surface area contributed by atoms with Crippen LogP contribution in [0, 0.1) is 5.41 Å². The van der Waals surface area contributed by atoms with E-state index in [2.05, 4.69) is 54.6 Å². The highest BCUT2D eigenvalue weighted by atomic mass is 35.5. The molecule has 1 nitrogen and oxygen atoms in total. The number of rotatable bonds is 1. The van der Waals surface area contributed by atoms with Gasteiger partial charge in [-0.15, -0.1) is 0 Å². The number of halogens is 1.